The highest BCUT2D eigenvalue weighted by atomic mass is 15.2. The molecule has 0 aliphatic heterocycles. The molecule has 0 heterocycles. The van der Waals surface area contributed by atoms with Gasteiger partial charge in [-0.25, -0.2) is 0 Å². The number of anilines is 4. The van der Waals surface area contributed by atoms with Crippen LogP contribution in [0.2, 0.25) is 0 Å². The van der Waals surface area contributed by atoms with Crippen molar-refractivity contribution in [1.82, 2.24) is 0 Å². The van der Waals surface area contributed by atoms with Crippen LogP contribution < -0.4 is 9.80 Å². The maximum absolute atomic E-state index is 4.22. The van der Waals surface area contributed by atoms with Crippen LogP contribution in [0.4, 0.5) is 22.7 Å². The lowest BCUT2D eigenvalue weighted by molar-refractivity contribution is 1.09. The standard InChI is InChI=1S/C42H34N2/c1-2-21-40(43(36-26-13-5-14-27-36)37-28-15-6-16-29-37)42(41(34-22-9-3-10-23-34)35-24-11-4-12-25-35)44(38-30-17-7-18-31-38)39-32-19-8-20-33-39/h2-33H,1H2. The Hall–Kier alpha value is -5.86. The molecule has 6 rings (SSSR count). The molecule has 0 saturated carbocycles. The largest absolute Gasteiger partial charge is 0.308 e. The van der Waals surface area contributed by atoms with Crippen molar-refractivity contribution < 1.29 is 0 Å². The molecule has 0 fully saturated rings. The van der Waals surface area contributed by atoms with Crippen molar-refractivity contribution in [2.24, 2.45) is 0 Å². The van der Waals surface area contributed by atoms with Gasteiger partial charge in [0.05, 0.1) is 11.4 Å². The maximum Gasteiger partial charge on any atom is 0.0787 e. The number of rotatable bonds is 10. The summed E-state index contributed by atoms with van der Waals surface area (Å²) in [5.74, 6) is 0. The molecule has 0 spiro atoms. The molecule has 0 aliphatic rings. The van der Waals surface area contributed by atoms with E-state index in [4.69, 9.17) is 0 Å². The number of allylic oxidation sites excluding steroid dienone is 2. The van der Waals surface area contributed by atoms with Crippen LogP contribution in [0.25, 0.3) is 5.57 Å². The third-order valence-corrected chi connectivity index (χ3v) is 7.40. The molecular weight excluding hydrogens is 532 g/mol. The molecule has 0 N–H and O–H groups in total. The molecule has 0 unspecified atom stereocenters. The fourth-order valence-corrected chi connectivity index (χ4v) is 5.52. The topological polar surface area (TPSA) is 6.48 Å². The average Bonchev–Trinajstić information content (AvgIpc) is 3.11. The van der Waals surface area contributed by atoms with E-state index in [0.717, 1.165) is 50.8 Å². The van der Waals surface area contributed by atoms with E-state index in [1.807, 2.05) is 6.08 Å². The second kappa shape index (κ2) is 13.9. The Morgan fingerprint density at radius 3 is 1.00 bits per heavy atom. The predicted molar refractivity (Wildman–Crippen MR) is 187 cm³/mol. The Balaban J connectivity index is 1.79. The number of nitrogens with zero attached hydrogens (tertiary/aromatic N) is 2. The van der Waals surface area contributed by atoms with Crippen molar-refractivity contribution in [1.29, 1.82) is 0 Å². The molecule has 44 heavy (non-hydrogen) atoms. The second-order valence-corrected chi connectivity index (χ2v) is 10.3. The lowest BCUT2D eigenvalue weighted by atomic mass is 9.92. The van der Waals surface area contributed by atoms with E-state index in [2.05, 4.69) is 204 Å². The fourth-order valence-electron chi connectivity index (χ4n) is 5.52. The first-order chi connectivity index (χ1) is 21.8. The highest BCUT2D eigenvalue weighted by molar-refractivity contribution is 5.92. The summed E-state index contributed by atoms with van der Waals surface area (Å²) >= 11 is 0. The Morgan fingerprint density at radius 2 is 0.682 bits per heavy atom. The SMILES string of the molecule is C=CC=C(C(=C(c1ccccc1)c1ccccc1)N(c1ccccc1)c1ccccc1)N(c1ccccc1)c1ccccc1. The fraction of sp³-hybridized carbons (Fsp3) is 0. The number of para-hydroxylation sites is 4. The summed E-state index contributed by atoms with van der Waals surface area (Å²) in [5.41, 5.74) is 9.52. The smallest absolute Gasteiger partial charge is 0.0787 e. The van der Waals surface area contributed by atoms with Gasteiger partial charge >= 0.3 is 0 Å². The molecule has 2 nitrogen and oxygen atoms in total. The van der Waals surface area contributed by atoms with Gasteiger partial charge in [-0.1, -0.05) is 146 Å². The van der Waals surface area contributed by atoms with Crippen molar-refractivity contribution >= 4 is 28.3 Å². The van der Waals surface area contributed by atoms with Gasteiger partial charge in [-0.3, -0.25) is 0 Å². The summed E-state index contributed by atoms with van der Waals surface area (Å²) in [6, 6.07) is 63.6. The van der Waals surface area contributed by atoms with Crippen LogP contribution in [-0.4, -0.2) is 0 Å². The van der Waals surface area contributed by atoms with E-state index >= 15 is 0 Å². The number of hydrogen-bond donors (Lipinski definition) is 0. The van der Waals surface area contributed by atoms with E-state index in [0.29, 0.717) is 0 Å². The third kappa shape index (κ3) is 6.16. The van der Waals surface area contributed by atoms with Gasteiger partial charge in [0.25, 0.3) is 0 Å². The van der Waals surface area contributed by atoms with Crippen molar-refractivity contribution in [3.05, 3.63) is 223 Å². The van der Waals surface area contributed by atoms with Gasteiger partial charge in [-0.15, -0.1) is 0 Å². The van der Waals surface area contributed by atoms with Crippen molar-refractivity contribution in [3.8, 4) is 0 Å². The van der Waals surface area contributed by atoms with Gasteiger partial charge in [0.1, 0.15) is 0 Å². The first kappa shape index (κ1) is 28.3. The summed E-state index contributed by atoms with van der Waals surface area (Å²) < 4.78 is 0. The minimum atomic E-state index is 0.979. The zero-order chi connectivity index (χ0) is 30.0. The molecule has 0 saturated heterocycles. The molecule has 0 radical (unpaired) electrons. The highest BCUT2D eigenvalue weighted by Crippen LogP contribution is 2.43. The van der Waals surface area contributed by atoms with Gasteiger partial charge in [-0.05, 0) is 65.7 Å². The van der Waals surface area contributed by atoms with Crippen LogP contribution in [0.3, 0.4) is 0 Å². The lowest BCUT2D eigenvalue weighted by Gasteiger charge is -2.37. The van der Waals surface area contributed by atoms with E-state index < -0.39 is 0 Å². The monoisotopic (exact) mass is 566 g/mol. The molecule has 6 aromatic carbocycles. The number of hydrogen-bond acceptors (Lipinski definition) is 2. The first-order valence-corrected chi connectivity index (χ1v) is 14.8. The van der Waals surface area contributed by atoms with Gasteiger partial charge < -0.3 is 9.80 Å². The second-order valence-electron chi connectivity index (χ2n) is 10.3. The van der Waals surface area contributed by atoms with E-state index in [9.17, 15) is 0 Å². The molecule has 0 aliphatic carbocycles. The highest BCUT2D eigenvalue weighted by Gasteiger charge is 2.28. The molecular formula is C42H34N2. The Kier molecular flexibility index (Phi) is 8.91. The first-order valence-electron chi connectivity index (χ1n) is 14.8. The van der Waals surface area contributed by atoms with Crippen LogP contribution in [-0.2, 0) is 0 Å². The summed E-state index contributed by atoms with van der Waals surface area (Å²) in [6.45, 7) is 4.22. The van der Waals surface area contributed by atoms with Gasteiger partial charge in [-0.2, -0.15) is 0 Å². The van der Waals surface area contributed by atoms with Crippen molar-refractivity contribution in [2.45, 2.75) is 0 Å². The zero-order valence-corrected chi connectivity index (χ0v) is 24.6. The third-order valence-electron chi connectivity index (χ3n) is 7.40. The minimum absolute atomic E-state index is 0.979. The minimum Gasteiger partial charge on any atom is -0.308 e. The van der Waals surface area contributed by atoms with Gasteiger partial charge in [0.2, 0.25) is 0 Å². The van der Waals surface area contributed by atoms with Crippen LogP contribution in [0.1, 0.15) is 11.1 Å². The molecule has 2 heteroatoms. The van der Waals surface area contributed by atoms with E-state index in [1.54, 1.807) is 0 Å². The number of benzene rings is 6. The quantitative estimate of drug-likeness (QED) is 0.152. The average molecular weight is 567 g/mol. The summed E-state index contributed by atoms with van der Waals surface area (Å²) in [6.07, 6.45) is 4.01. The predicted octanol–water partition coefficient (Wildman–Crippen LogP) is 11.2. The van der Waals surface area contributed by atoms with Crippen LogP contribution in [0.15, 0.2) is 212 Å². The van der Waals surface area contributed by atoms with E-state index in [1.165, 1.54) is 0 Å². The maximum atomic E-state index is 4.22. The summed E-state index contributed by atoms with van der Waals surface area (Å²) in [4.78, 5) is 4.69. The molecule has 0 aromatic heterocycles. The Labute approximate surface area is 260 Å². The van der Waals surface area contributed by atoms with Gasteiger partial charge in [0, 0.05) is 28.3 Å². The molecule has 0 atom stereocenters. The zero-order valence-electron chi connectivity index (χ0n) is 24.6. The summed E-state index contributed by atoms with van der Waals surface area (Å²) in [7, 11) is 0. The molecule has 0 amide bonds. The van der Waals surface area contributed by atoms with E-state index in [-0.39, 0.29) is 0 Å². The van der Waals surface area contributed by atoms with Crippen LogP contribution in [0.5, 0.6) is 0 Å². The lowest BCUT2D eigenvalue weighted by Crippen LogP contribution is -2.28. The van der Waals surface area contributed by atoms with Gasteiger partial charge in [0.15, 0.2) is 0 Å². The molecule has 6 aromatic rings. The Bertz CT molecular complexity index is 1710. The van der Waals surface area contributed by atoms with Crippen molar-refractivity contribution in [3.63, 3.8) is 0 Å². The molecule has 0 bridgehead atoms. The normalized spacial score (nSPS) is 11.0. The Morgan fingerprint density at radius 1 is 0.386 bits per heavy atom. The van der Waals surface area contributed by atoms with Crippen molar-refractivity contribution in [2.75, 3.05) is 9.80 Å². The summed E-state index contributed by atoms with van der Waals surface area (Å²) in [5, 5.41) is 0. The van der Waals surface area contributed by atoms with Crippen LogP contribution in [0, 0.1) is 0 Å². The molecule has 212 valence electrons. The van der Waals surface area contributed by atoms with Crippen LogP contribution >= 0.6 is 0 Å².